The molecule has 0 saturated carbocycles. The van der Waals surface area contributed by atoms with E-state index >= 15 is 0 Å². The number of hydrogen-bond acceptors (Lipinski definition) is 4. The first-order valence-corrected chi connectivity index (χ1v) is 10.4. The summed E-state index contributed by atoms with van der Waals surface area (Å²) in [6.07, 6.45) is 1.95. The lowest BCUT2D eigenvalue weighted by atomic mass is 10.2. The number of anilines is 1. The Morgan fingerprint density at radius 2 is 1.85 bits per heavy atom. The molecule has 0 aliphatic heterocycles. The van der Waals surface area contributed by atoms with Crippen molar-refractivity contribution in [2.45, 2.75) is 31.6 Å². The largest absolute Gasteiger partial charge is 0.493 e. The van der Waals surface area contributed by atoms with Crippen LogP contribution >= 0.6 is 11.6 Å². The highest BCUT2D eigenvalue weighted by Gasteiger charge is 2.11. The van der Waals surface area contributed by atoms with Crippen LogP contribution in [0.4, 0.5) is 5.69 Å². The second-order valence-electron chi connectivity index (χ2n) is 6.16. The van der Waals surface area contributed by atoms with E-state index in [0.717, 1.165) is 23.1 Å². The third-order valence-corrected chi connectivity index (χ3v) is 5.20. The quantitative estimate of drug-likeness (QED) is 0.714. The Kier molecular flexibility index (Phi) is 6.67. The standard InChI is InChI=1S/C19H22ClNO4S/c1-13-6-8-16(26(3,23)24)12-17(13)21-19(22)5-4-10-25-18-9-7-15(20)11-14(18)2/h6-9,11-12H,4-5,10H2,1-3H3,(H,21,22). The van der Waals surface area contributed by atoms with Crippen molar-refractivity contribution >= 4 is 33.0 Å². The topological polar surface area (TPSA) is 72.5 Å². The predicted molar refractivity (Wildman–Crippen MR) is 104 cm³/mol. The first kappa shape index (κ1) is 20.3. The molecular formula is C19H22ClNO4S. The lowest BCUT2D eigenvalue weighted by Gasteiger charge is -2.11. The predicted octanol–water partition coefficient (Wildman–Crippen LogP) is 4.16. The normalized spacial score (nSPS) is 11.2. The van der Waals surface area contributed by atoms with Crippen LogP contribution in [-0.2, 0) is 14.6 Å². The Balaban J connectivity index is 1.87. The Bertz CT molecular complexity index is 910. The number of nitrogens with one attached hydrogen (secondary N) is 1. The van der Waals surface area contributed by atoms with E-state index in [4.69, 9.17) is 16.3 Å². The van der Waals surface area contributed by atoms with Crippen LogP contribution in [0.2, 0.25) is 5.02 Å². The molecule has 5 nitrogen and oxygen atoms in total. The average molecular weight is 396 g/mol. The number of carbonyl (C=O) groups is 1. The van der Waals surface area contributed by atoms with Crippen LogP contribution in [0.1, 0.15) is 24.0 Å². The molecule has 0 saturated heterocycles. The zero-order valence-electron chi connectivity index (χ0n) is 15.0. The molecule has 0 aromatic heterocycles. The molecule has 140 valence electrons. The van der Waals surface area contributed by atoms with Crippen molar-refractivity contribution in [2.75, 3.05) is 18.2 Å². The van der Waals surface area contributed by atoms with Gasteiger partial charge < -0.3 is 10.1 Å². The molecule has 2 aromatic rings. The molecule has 0 atom stereocenters. The van der Waals surface area contributed by atoms with Crippen molar-refractivity contribution in [3.8, 4) is 5.75 Å². The smallest absolute Gasteiger partial charge is 0.224 e. The van der Waals surface area contributed by atoms with E-state index < -0.39 is 9.84 Å². The average Bonchev–Trinajstić information content (AvgIpc) is 2.54. The molecule has 0 bridgehead atoms. The summed E-state index contributed by atoms with van der Waals surface area (Å²) in [4.78, 5) is 12.3. The van der Waals surface area contributed by atoms with Crippen molar-refractivity contribution in [3.63, 3.8) is 0 Å². The van der Waals surface area contributed by atoms with Gasteiger partial charge in [-0.15, -0.1) is 0 Å². The molecule has 2 aromatic carbocycles. The zero-order chi connectivity index (χ0) is 19.3. The molecule has 0 heterocycles. The third-order valence-electron chi connectivity index (χ3n) is 3.85. The number of amides is 1. The molecule has 0 unspecified atom stereocenters. The second-order valence-corrected chi connectivity index (χ2v) is 8.61. The Morgan fingerprint density at radius 3 is 2.50 bits per heavy atom. The maximum absolute atomic E-state index is 12.1. The van der Waals surface area contributed by atoms with Gasteiger partial charge in [0.05, 0.1) is 11.5 Å². The molecule has 7 heteroatoms. The van der Waals surface area contributed by atoms with Crippen LogP contribution in [0, 0.1) is 13.8 Å². The van der Waals surface area contributed by atoms with Gasteiger partial charge in [-0.2, -0.15) is 0 Å². The Hall–Kier alpha value is -2.05. The summed E-state index contributed by atoms with van der Waals surface area (Å²) in [7, 11) is -3.32. The number of aryl methyl sites for hydroxylation is 2. The van der Waals surface area contributed by atoms with Gasteiger partial charge in [0.25, 0.3) is 0 Å². The first-order chi connectivity index (χ1) is 12.2. The van der Waals surface area contributed by atoms with E-state index in [9.17, 15) is 13.2 Å². The number of ether oxygens (including phenoxy) is 1. The van der Waals surface area contributed by atoms with Crippen LogP contribution < -0.4 is 10.1 Å². The number of benzene rings is 2. The molecule has 0 aliphatic carbocycles. The van der Waals surface area contributed by atoms with Gasteiger partial charge in [-0.1, -0.05) is 17.7 Å². The van der Waals surface area contributed by atoms with Gasteiger partial charge >= 0.3 is 0 Å². The van der Waals surface area contributed by atoms with Crippen molar-refractivity contribution < 1.29 is 17.9 Å². The monoisotopic (exact) mass is 395 g/mol. The minimum absolute atomic E-state index is 0.181. The van der Waals surface area contributed by atoms with Gasteiger partial charge in [0.1, 0.15) is 5.75 Å². The van der Waals surface area contributed by atoms with Gasteiger partial charge in [-0.05, 0) is 61.7 Å². The lowest BCUT2D eigenvalue weighted by Crippen LogP contribution is -2.14. The number of carbonyl (C=O) groups excluding carboxylic acids is 1. The molecule has 1 amide bonds. The number of hydrogen-bond donors (Lipinski definition) is 1. The fourth-order valence-corrected chi connectivity index (χ4v) is 3.24. The second kappa shape index (κ2) is 8.56. The fourth-order valence-electron chi connectivity index (χ4n) is 2.37. The Labute approximate surface area is 159 Å². The molecular weight excluding hydrogens is 374 g/mol. The van der Waals surface area contributed by atoms with Crippen LogP contribution in [0.5, 0.6) is 5.75 Å². The van der Waals surface area contributed by atoms with Gasteiger partial charge in [0.15, 0.2) is 9.84 Å². The van der Waals surface area contributed by atoms with E-state index in [-0.39, 0.29) is 17.2 Å². The van der Waals surface area contributed by atoms with Crippen LogP contribution in [-0.4, -0.2) is 27.2 Å². The van der Waals surface area contributed by atoms with Crippen molar-refractivity contribution in [1.82, 2.24) is 0 Å². The molecule has 0 radical (unpaired) electrons. The third kappa shape index (κ3) is 5.75. The summed E-state index contributed by atoms with van der Waals surface area (Å²) >= 11 is 5.90. The summed E-state index contributed by atoms with van der Waals surface area (Å²) in [5.41, 5.74) is 2.25. The van der Waals surface area contributed by atoms with E-state index in [2.05, 4.69) is 5.32 Å². The summed E-state index contributed by atoms with van der Waals surface area (Å²) < 4.78 is 28.9. The highest BCUT2D eigenvalue weighted by molar-refractivity contribution is 7.90. The van der Waals surface area contributed by atoms with Crippen LogP contribution in [0.3, 0.4) is 0 Å². The van der Waals surface area contributed by atoms with Gasteiger partial charge in [0, 0.05) is 23.4 Å². The summed E-state index contributed by atoms with van der Waals surface area (Å²) in [5, 5.41) is 3.42. The van der Waals surface area contributed by atoms with E-state index in [1.807, 2.05) is 19.9 Å². The highest BCUT2D eigenvalue weighted by Crippen LogP contribution is 2.22. The van der Waals surface area contributed by atoms with E-state index in [1.165, 1.54) is 12.1 Å². The molecule has 0 spiro atoms. The van der Waals surface area contributed by atoms with E-state index in [0.29, 0.717) is 23.7 Å². The van der Waals surface area contributed by atoms with Gasteiger partial charge in [0.2, 0.25) is 5.91 Å². The Morgan fingerprint density at radius 1 is 1.12 bits per heavy atom. The van der Waals surface area contributed by atoms with Crippen molar-refractivity contribution in [2.24, 2.45) is 0 Å². The maximum atomic E-state index is 12.1. The molecule has 0 fully saturated rings. The number of rotatable bonds is 7. The number of sulfone groups is 1. The molecule has 26 heavy (non-hydrogen) atoms. The molecule has 2 rings (SSSR count). The minimum atomic E-state index is -3.32. The SMILES string of the molecule is Cc1ccc(S(C)(=O)=O)cc1NC(=O)CCCOc1ccc(Cl)cc1C. The number of halogens is 1. The van der Waals surface area contributed by atoms with Gasteiger partial charge in [-0.3, -0.25) is 4.79 Å². The summed E-state index contributed by atoms with van der Waals surface area (Å²) in [5.74, 6) is 0.557. The zero-order valence-corrected chi connectivity index (χ0v) is 16.6. The van der Waals surface area contributed by atoms with Crippen molar-refractivity contribution in [1.29, 1.82) is 0 Å². The molecule has 0 aliphatic rings. The highest BCUT2D eigenvalue weighted by atomic mass is 35.5. The first-order valence-electron chi connectivity index (χ1n) is 8.16. The lowest BCUT2D eigenvalue weighted by molar-refractivity contribution is -0.116. The van der Waals surface area contributed by atoms with Crippen LogP contribution in [0.25, 0.3) is 0 Å². The van der Waals surface area contributed by atoms with Crippen molar-refractivity contribution in [3.05, 3.63) is 52.5 Å². The minimum Gasteiger partial charge on any atom is -0.493 e. The van der Waals surface area contributed by atoms with Gasteiger partial charge in [-0.25, -0.2) is 8.42 Å². The fraction of sp³-hybridized carbons (Fsp3) is 0.316. The molecule has 1 N–H and O–H groups in total. The maximum Gasteiger partial charge on any atom is 0.224 e. The van der Waals surface area contributed by atoms with E-state index in [1.54, 1.807) is 18.2 Å². The summed E-state index contributed by atoms with van der Waals surface area (Å²) in [6.45, 7) is 4.12. The summed E-state index contributed by atoms with van der Waals surface area (Å²) in [6, 6.07) is 10.1. The van der Waals surface area contributed by atoms with Crippen LogP contribution in [0.15, 0.2) is 41.3 Å².